The first-order valence-corrected chi connectivity index (χ1v) is 16.6. The van der Waals surface area contributed by atoms with E-state index in [2.05, 4.69) is 74.5 Å². The van der Waals surface area contributed by atoms with E-state index in [1.807, 2.05) is 0 Å². The van der Waals surface area contributed by atoms with Crippen LogP contribution in [0.1, 0.15) is 63.5 Å². The van der Waals surface area contributed by atoms with E-state index in [1.54, 1.807) is 0 Å². The van der Waals surface area contributed by atoms with Crippen molar-refractivity contribution < 1.29 is 52.8 Å². The average Bonchev–Trinajstić information content (AvgIpc) is 3.04. The summed E-state index contributed by atoms with van der Waals surface area (Å²) in [4.78, 5) is 24.2. The Morgan fingerprint density at radius 2 is 0.913 bits per heavy atom. The maximum absolute atomic E-state index is 12.1. The summed E-state index contributed by atoms with van der Waals surface area (Å²) in [5.41, 5.74) is 7.75. The third kappa shape index (κ3) is 11.9. The molecule has 8 heteroatoms. The summed E-state index contributed by atoms with van der Waals surface area (Å²) < 4.78 is 11.7. The van der Waals surface area contributed by atoms with Crippen LogP contribution in [0.2, 0.25) is 0 Å². The minimum atomic E-state index is -0.104. The van der Waals surface area contributed by atoms with E-state index < -0.39 is 0 Å². The molecule has 2 aliphatic rings. The number of hydrogen-bond acceptors (Lipinski definition) is 4. The van der Waals surface area contributed by atoms with Gasteiger partial charge < -0.3 is 43.3 Å². The second-order valence-electron chi connectivity index (χ2n) is 13.4. The summed E-state index contributed by atoms with van der Waals surface area (Å²) in [6.07, 6.45) is 13.8. The molecule has 0 aliphatic carbocycles. The molecule has 0 bridgehead atoms. The van der Waals surface area contributed by atoms with Crippen LogP contribution in [0.3, 0.4) is 0 Å². The highest BCUT2D eigenvalue weighted by Gasteiger charge is 2.33. The smallest absolute Gasteiger partial charge is 0.361 e. The lowest BCUT2D eigenvalue weighted by Crippen LogP contribution is -3.00. The Bertz CT molecular complexity index is 1190. The van der Waals surface area contributed by atoms with Crippen LogP contribution >= 0.6 is 0 Å². The summed E-state index contributed by atoms with van der Waals surface area (Å²) in [6.45, 7) is 11.4. The quantitative estimate of drug-likeness (QED) is 0.179. The Kier molecular flexibility index (Phi) is 16.5. The van der Waals surface area contributed by atoms with Gasteiger partial charge in [-0.25, -0.2) is 9.59 Å². The molecule has 4 rings (SSSR count). The minimum Gasteiger partial charge on any atom is -1.00 e. The number of halogens is 2. The molecule has 0 radical (unpaired) electrons. The number of methoxy groups -OCH3 is 2. The number of benzene rings is 2. The molecule has 0 spiro atoms. The number of rotatable bonds is 13. The van der Waals surface area contributed by atoms with Crippen LogP contribution in [0.25, 0.3) is 11.1 Å². The molecule has 2 saturated heterocycles. The number of likely N-dealkylation sites (tertiary alicyclic amines) is 2. The number of allylic oxidation sites excluding steroid dienone is 2. The zero-order chi connectivity index (χ0) is 31.4. The van der Waals surface area contributed by atoms with Gasteiger partial charge >= 0.3 is 11.9 Å². The lowest BCUT2D eigenvalue weighted by molar-refractivity contribution is -0.920. The van der Waals surface area contributed by atoms with Crippen LogP contribution in [-0.2, 0) is 31.9 Å². The average molecular weight is 674 g/mol. The highest BCUT2D eigenvalue weighted by atomic mass is 35.5. The molecule has 2 aromatic carbocycles. The molecule has 2 aliphatic heterocycles. The lowest BCUT2D eigenvalue weighted by Gasteiger charge is -2.40. The molecule has 0 amide bonds. The largest absolute Gasteiger partial charge is 1.00 e. The Labute approximate surface area is 289 Å². The molecule has 2 fully saturated rings. The molecular formula is C38H54Cl2N2O4. The van der Waals surface area contributed by atoms with Crippen LogP contribution in [0.4, 0.5) is 0 Å². The molecule has 0 saturated carbocycles. The molecule has 0 N–H and O–H groups in total. The Morgan fingerprint density at radius 3 is 1.22 bits per heavy atom. The fraction of sp³-hybridized carbons (Fsp3) is 0.526. The molecular weight excluding hydrogens is 619 g/mol. The van der Waals surface area contributed by atoms with Gasteiger partial charge in [0.2, 0.25) is 0 Å². The van der Waals surface area contributed by atoms with Gasteiger partial charge in [-0.3, -0.25) is 0 Å². The van der Waals surface area contributed by atoms with Crippen molar-refractivity contribution in [3.05, 3.63) is 83.0 Å². The number of carbonyl (C=O) groups is 2. The Balaban J connectivity index is 0.00000368. The zero-order valence-corrected chi connectivity index (χ0v) is 29.9. The van der Waals surface area contributed by atoms with Gasteiger partial charge in [-0.1, -0.05) is 59.7 Å². The predicted octanol–water partition coefficient (Wildman–Crippen LogP) is 0.687. The molecule has 0 aromatic heterocycles. The number of ether oxygens (including phenoxy) is 2. The van der Waals surface area contributed by atoms with Crippen molar-refractivity contribution in [3.8, 4) is 11.1 Å². The van der Waals surface area contributed by atoms with Crippen molar-refractivity contribution in [1.29, 1.82) is 0 Å². The van der Waals surface area contributed by atoms with E-state index in [-0.39, 0.29) is 36.8 Å². The SMILES string of the molecule is COC(=O)C[N+]1(C/C=C(\C)Cc2ccc(-c3ccc(C/C(C)=C/C[N+]4(CC(=O)OC)CCCCC4)cc3)cc2)CCCCC1.[Cl-].[Cl-]. The van der Waals surface area contributed by atoms with Crippen molar-refractivity contribution in [2.45, 2.75) is 65.2 Å². The number of piperidine rings is 2. The fourth-order valence-corrected chi connectivity index (χ4v) is 6.97. The van der Waals surface area contributed by atoms with Crippen molar-refractivity contribution in [2.75, 3.05) is 66.6 Å². The number of esters is 2. The summed E-state index contributed by atoms with van der Waals surface area (Å²) in [5.74, 6) is -0.208. The summed E-state index contributed by atoms with van der Waals surface area (Å²) in [6, 6.07) is 17.8. The highest BCUT2D eigenvalue weighted by Crippen LogP contribution is 2.24. The number of nitrogens with zero attached hydrogens (tertiary/aromatic N) is 2. The maximum atomic E-state index is 12.1. The third-order valence-corrected chi connectivity index (χ3v) is 9.78. The first-order chi connectivity index (χ1) is 21.2. The van der Waals surface area contributed by atoms with E-state index in [0.717, 1.165) is 61.1 Å². The van der Waals surface area contributed by atoms with Crippen LogP contribution in [-0.4, -0.2) is 87.5 Å². The van der Waals surface area contributed by atoms with Crippen molar-refractivity contribution in [1.82, 2.24) is 0 Å². The second-order valence-corrected chi connectivity index (χ2v) is 13.4. The van der Waals surface area contributed by atoms with Crippen LogP contribution in [0.5, 0.6) is 0 Å². The van der Waals surface area contributed by atoms with Crippen LogP contribution in [0.15, 0.2) is 71.8 Å². The molecule has 46 heavy (non-hydrogen) atoms. The molecule has 6 nitrogen and oxygen atoms in total. The van der Waals surface area contributed by atoms with Gasteiger partial charge in [-0.2, -0.15) is 0 Å². The highest BCUT2D eigenvalue weighted by molar-refractivity contribution is 5.70. The molecule has 2 heterocycles. The first-order valence-electron chi connectivity index (χ1n) is 16.6. The maximum Gasteiger partial charge on any atom is 0.361 e. The van der Waals surface area contributed by atoms with Crippen molar-refractivity contribution >= 4 is 11.9 Å². The van der Waals surface area contributed by atoms with Gasteiger partial charge in [0, 0.05) is 0 Å². The Morgan fingerprint density at radius 1 is 0.587 bits per heavy atom. The monoisotopic (exact) mass is 672 g/mol. The van der Waals surface area contributed by atoms with Crippen LogP contribution < -0.4 is 24.8 Å². The first kappa shape index (κ1) is 39.5. The van der Waals surface area contributed by atoms with E-state index in [4.69, 9.17) is 9.47 Å². The zero-order valence-electron chi connectivity index (χ0n) is 28.4. The van der Waals surface area contributed by atoms with Gasteiger partial charge in [0.25, 0.3) is 0 Å². The molecule has 0 unspecified atom stereocenters. The van der Waals surface area contributed by atoms with E-state index in [0.29, 0.717) is 13.1 Å². The fourth-order valence-electron chi connectivity index (χ4n) is 6.97. The molecule has 2 aromatic rings. The molecule has 0 atom stereocenters. The topological polar surface area (TPSA) is 52.6 Å². The Hall–Kier alpha value is -2.64. The second kappa shape index (κ2) is 19.2. The predicted molar refractivity (Wildman–Crippen MR) is 178 cm³/mol. The van der Waals surface area contributed by atoms with Gasteiger partial charge in [-0.05, 0) is 99.6 Å². The number of quaternary nitrogens is 2. The molecule has 254 valence electrons. The summed E-state index contributed by atoms with van der Waals surface area (Å²) >= 11 is 0. The lowest BCUT2D eigenvalue weighted by atomic mass is 9.98. The standard InChI is InChI=1S/C38H54N2O4.2ClH/c1-31(19-25-39(29-37(41)43-3)21-7-5-8-22-39)27-33-11-15-35(16-12-33)36-17-13-34(14-18-36)28-32(2)20-26-40(30-38(42)44-4)23-9-6-10-24-40;;/h11-20H,5-10,21-30H2,1-4H3;2*1H/q+2;;/p-2/b31-19+,32-20+;;. The van der Waals surface area contributed by atoms with Gasteiger partial charge in [0.05, 0.1) is 53.5 Å². The van der Waals surface area contributed by atoms with E-state index in [1.165, 1.54) is 86.1 Å². The van der Waals surface area contributed by atoms with Gasteiger partial charge in [0.1, 0.15) is 0 Å². The van der Waals surface area contributed by atoms with Crippen LogP contribution in [0, 0.1) is 0 Å². The van der Waals surface area contributed by atoms with Crippen molar-refractivity contribution in [3.63, 3.8) is 0 Å². The summed E-state index contributed by atoms with van der Waals surface area (Å²) in [7, 11) is 2.98. The van der Waals surface area contributed by atoms with Gasteiger partial charge in [0.15, 0.2) is 13.1 Å². The minimum absolute atomic E-state index is 0. The van der Waals surface area contributed by atoms with E-state index in [9.17, 15) is 9.59 Å². The van der Waals surface area contributed by atoms with Gasteiger partial charge in [-0.15, -0.1) is 0 Å². The van der Waals surface area contributed by atoms with E-state index >= 15 is 0 Å². The van der Waals surface area contributed by atoms with Crippen molar-refractivity contribution in [2.24, 2.45) is 0 Å². The number of carbonyl (C=O) groups excluding carboxylic acids is 2. The number of hydrogen-bond donors (Lipinski definition) is 0. The summed E-state index contributed by atoms with van der Waals surface area (Å²) in [5, 5.41) is 0. The third-order valence-electron chi connectivity index (χ3n) is 9.78. The normalized spacial score (nSPS) is 17.7.